The average molecular weight is 472 g/mol. The summed E-state index contributed by atoms with van der Waals surface area (Å²) in [7, 11) is 1.47. The molecule has 2 unspecified atom stereocenters. The van der Waals surface area contributed by atoms with Crippen LogP contribution in [-0.2, 0) is 11.2 Å². The molecule has 2 heterocycles. The molecule has 2 aliphatic carbocycles. The predicted molar refractivity (Wildman–Crippen MR) is 121 cm³/mol. The minimum absolute atomic E-state index is 0.0132. The van der Waals surface area contributed by atoms with Gasteiger partial charge in [0.15, 0.2) is 11.6 Å². The highest BCUT2D eigenvalue weighted by Gasteiger charge is 2.58. The van der Waals surface area contributed by atoms with Crippen molar-refractivity contribution in [3.8, 4) is 23.3 Å². The molecular formula is C25H30FN3O5. The summed E-state index contributed by atoms with van der Waals surface area (Å²) in [5.74, 6) is 0.515. The first kappa shape index (κ1) is 22.7. The van der Waals surface area contributed by atoms with Crippen molar-refractivity contribution >= 4 is 6.09 Å². The van der Waals surface area contributed by atoms with E-state index in [9.17, 15) is 9.18 Å². The topological polar surface area (TPSA) is 83.0 Å². The summed E-state index contributed by atoms with van der Waals surface area (Å²) in [6.07, 6.45) is 5.54. The van der Waals surface area contributed by atoms with Crippen LogP contribution >= 0.6 is 0 Å². The number of likely N-dealkylation sites (tertiary alicyclic amines) is 1. The summed E-state index contributed by atoms with van der Waals surface area (Å²) in [6.45, 7) is 5.72. The standard InChI is InChI=1S/C25H30FN3O5/c1-4-16-5-6-19(18(26)11-16)33-22-20(31-3)21(27-15-28-22)32-14-25-9-10-29(13-17(25)12-25)23(30)34-24(2)7-8-24/h5-6,11,15,17H,4,7-10,12-14H2,1-3H3. The van der Waals surface area contributed by atoms with Crippen LogP contribution in [0.5, 0.6) is 23.3 Å². The Morgan fingerprint density at radius 3 is 2.71 bits per heavy atom. The zero-order chi connectivity index (χ0) is 23.9. The van der Waals surface area contributed by atoms with Gasteiger partial charge in [-0.2, -0.15) is 9.97 Å². The van der Waals surface area contributed by atoms with Gasteiger partial charge in [0.2, 0.25) is 5.75 Å². The Hall–Kier alpha value is -3.10. The Morgan fingerprint density at radius 1 is 1.24 bits per heavy atom. The third-order valence-corrected chi connectivity index (χ3v) is 7.28. The molecule has 1 aromatic heterocycles. The van der Waals surface area contributed by atoms with Gasteiger partial charge in [0.25, 0.3) is 11.8 Å². The van der Waals surface area contributed by atoms with E-state index >= 15 is 0 Å². The quantitative estimate of drug-likeness (QED) is 0.549. The van der Waals surface area contributed by atoms with Crippen LogP contribution < -0.4 is 14.2 Å². The molecule has 3 aliphatic rings. The van der Waals surface area contributed by atoms with Crippen LogP contribution in [-0.4, -0.2) is 53.4 Å². The van der Waals surface area contributed by atoms with Gasteiger partial charge in [-0.25, -0.2) is 9.18 Å². The first-order valence-corrected chi connectivity index (χ1v) is 11.8. The van der Waals surface area contributed by atoms with Crippen molar-refractivity contribution in [1.29, 1.82) is 0 Å². The van der Waals surface area contributed by atoms with Gasteiger partial charge in [-0.15, -0.1) is 0 Å². The Morgan fingerprint density at radius 2 is 2.03 bits per heavy atom. The first-order chi connectivity index (χ1) is 16.3. The molecule has 2 atom stereocenters. The number of carbonyl (C=O) groups excluding carboxylic acids is 1. The lowest BCUT2D eigenvalue weighted by molar-refractivity contribution is 0.0438. The number of aromatic nitrogens is 2. The lowest BCUT2D eigenvalue weighted by atomic mass is 9.96. The minimum atomic E-state index is -0.469. The molecule has 1 saturated heterocycles. The maximum absolute atomic E-state index is 14.4. The fourth-order valence-electron chi connectivity index (χ4n) is 4.54. The maximum atomic E-state index is 14.4. The molecule has 1 amide bonds. The number of amides is 1. The van der Waals surface area contributed by atoms with E-state index < -0.39 is 5.82 Å². The first-order valence-electron chi connectivity index (χ1n) is 11.8. The van der Waals surface area contributed by atoms with E-state index in [1.54, 1.807) is 6.07 Å². The predicted octanol–water partition coefficient (Wildman–Crippen LogP) is 4.76. The number of hydrogen-bond acceptors (Lipinski definition) is 7. The van der Waals surface area contributed by atoms with Crippen molar-refractivity contribution in [2.24, 2.45) is 11.3 Å². The third-order valence-electron chi connectivity index (χ3n) is 7.28. The van der Waals surface area contributed by atoms with Gasteiger partial charge < -0.3 is 23.8 Å². The molecular weight excluding hydrogens is 441 g/mol. The molecule has 8 nitrogen and oxygen atoms in total. The molecule has 2 aromatic rings. The summed E-state index contributed by atoms with van der Waals surface area (Å²) in [5, 5.41) is 0. The molecule has 1 aromatic carbocycles. The molecule has 0 N–H and O–H groups in total. The van der Waals surface area contributed by atoms with Crippen molar-refractivity contribution in [3.05, 3.63) is 35.9 Å². The Labute approximate surface area is 198 Å². The number of benzene rings is 1. The summed E-state index contributed by atoms with van der Waals surface area (Å²) < 4.78 is 37.2. The van der Waals surface area contributed by atoms with E-state index in [4.69, 9.17) is 18.9 Å². The van der Waals surface area contributed by atoms with Crippen molar-refractivity contribution in [3.63, 3.8) is 0 Å². The molecule has 182 valence electrons. The number of ether oxygens (including phenoxy) is 4. The number of halogens is 1. The summed E-state index contributed by atoms with van der Waals surface area (Å²) in [5.41, 5.74) is 0.630. The van der Waals surface area contributed by atoms with Crippen LogP contribution in [0.25, 0.3) is 0 Å². The van der Waals surface area contributed by atoms with E-state index in [1.807, 2.05) is 24.8 Å². The van der Waals surface area contributed by atoms with Crippen LogP contribution in [0.15, 0.2) is 24.5 Å². The summed E-state index contributed by atoms with van der Waals surface area (Å²) in [6, 6.07) is 4.83. The molecule has 5 rings (SSSR count). The van der Waals surface area contributed by atoms with E-state index in [0.717, 1.165) is 37.7 Å². The van der Waals surface area contributed by atoms with Crippen molar-refractivity contribution in [1.82, 2.24) is 14.9 Å². The van der Waals surface area contributed by atoms with Crippen molar-refractivity contribution in [2.45, 2.75) is 51.6 Å². The van der Waals surface area contributed by atoms with Gasteiger partial charge in [0.1, 0.15) is 11.9 Å². The van der Waals surface area contributed by atoms with E-state index in [-0.39, 0.29) is 40.4 Å². The number of nitrogens with zero attached hydrogens (tertiary/aromatic N) is 3. The highest BCUT2D eigenvalue weighted by Crippen LogP contribution is 2.58. The number of hydrogen-bond donors (Lipinski definition) is 0. The zero-order valence-electron chi connectivity index (χ0n) is 19.8. The average Bonchev–Trinajstić information content (AvgIpc) is 3.74. The van der Waals surface area contributed by atoms with Crippen LogP contribution in [0.1, 0.15) is 45.1 Å². The minimum Gasteiger partial charge on any atom is -0.487 e. The van der Waals surface area contributed by atoms with Gasteiger partial charge in [-0.1, -0.05) is 13.0 Å². The fraction of sp³-hybridized carbons (Fsp3) is 0.560. The second-order valence-electron chi connectivity index (χ2n) is 9.80. The fourth-order valence-corrected chi connectivity index (χ4v) is 4.54. The van der Waals surface area contributed by atoms with Gasteiger partial charge in [-0.05, 0) is 62.6 Å². The van der Waals surface area contributed by atoms with Crippen molar-refractivity contribution in [2.75, 3.05) is 26.8 Å². The Bertz CT molecular complexity index is 1090. The Kier molecular flexibility index (Phi) is 5.73. The second kappa shape index (κ2) is 8.60. The van der Waals surface area contributed by atoms with Gasteiger partial charge in [0, 0.05) is 18.5 Å². The molecule has 3 fully saturated rings. The molecule has 1 aliphatic heterocycles. The highest BCUT2D eigenvalue weighted by molar-refractivity contribution is 5.69. The Balaban J connectivity index is 1.22. The second-order valence-corrected chi connectivity index (χ2v) is 9.80. The molecule has 2 saturated carbocycles. The smallest absolute Gasteiger partial charge is 0.410 e. The largest absolute Gasteiger partial charge is 0.487 e. The summed E-state index contributed by atoms with van der Waals surface area (Å²) >= 11 is 0. The molecule has 0 spiro atoms. The number of carbonyl (C=O) groups is 1. The van der Waals surface area contributed by atoms with E-state index in [0.29, 0.717) is 25.6 Å². The normalized spacial score (nSPS) is 24.1. The number of piperidine rings is 1. The van der Waals surface area contributed by atoms with Gasteiger partial charge >= 0.3 is 6.09 Å². The van der Waals surface area contributed by atoms with Gasteiger partial charge in [-0.3, -0.25) is 0 Å². The highest BCUT2D eigenvalue weighted by atomic mass is 19.1. The lowest BCUT2D eigenvalue weighted by Gasteiger charge is -2.31. The van der Waals surface area contributed by atoms with Crippen LogP contribution in [0.3, 0.4) is 0 Å². The molecule has 9 heteroatoms. The van der Waals surface area contributed by atoms with Crippen LogP contribution in [0, 0.1) is 17.2 Å². The zero-order valence-corrected chi connectivity index (χ0v) is 19.8. The van der Waals surface area contributed by atoms with E-state index in [1.165, 1.54) is 19.5 Å². The van der Waals surface area contributed by atoms with Crippen molar-refractivity contribution < 1.29 is 28.1 Å². The maximum Gasteiger partial charge on any atom is 0.410 e. The molecule has 34 heavy (non-hydrogen) atoms. The molecule has 0 bridgehead atoms. The summed E-state index contributed by atoms with van der Waals surface area (Å²) in [4.78, 5) is 22.6. The number of methoxy groups -OCH3 is 1. The van der Waals surface area contributed by atoms with Crippen LogP contribution in [0.4, 0.5) is 9.18 Å². The molecule has 0 radical (unpaired) electrons. The number of aryl methyl sites for hydroxylation is 1. The lowest BCUT2D eigenvalue weighted by Crippen LogP contribution is -2.42. The number of rotatable bonds is 8. The van der Waals surface area contributed by atoms with Crippen LogP contribution in [0.2, 0.25) is 0 Å². The van der Waals surface area contributed by atoms with E-state index in [2.05, 4.69) is 9.97 Å². The SMILES string of the molecule is CCc1ccc(Oc2ncnc(OCC34CCN(C(=O)OC5(C)CC5)CC3C4)c2OC)c(F)c1. The van der Waals surface area contributed by atoms with Gasteiger partial charge in [0.05, 0.1) is 13.7 Å². The number of fused-ring (bicyclic) bond motifs is 1. The monoisotopic (exact) mass is 471 g/mol. The third kappa shape index (κ3) is 4.48.